The van der Waals surface area contributed by atoms with Crippen molar-refractivity contribution in [2.75, 3.05) is 13.1 Å². The molecule has 4 heteroatoms. The van der Waals surface area contributed by atoms with Crippen molar-refractivity contribution in [3.05, 3.63) is 44.8 Å². The predicted octanol–water partition coefficient (Wildman–Crippen LogP) is 3.10. The van der Waals surface area contributed by atoms with Crippen molar-refractivity contribution in [1.82, 2.24) is 0 Å². The molecule has 22 heavy (non-hydrogen) atoms. The van der Waals surface area contributed by atoms with Crippen LogP contribution in [0.15, 0.2) is 27.4 Å². The first-order chi connectivity index (χ1) is 10.6. The number of benzene rings is 1. The smallest absolute Gasteiger partial charge is 0.336 e. The SMILES string of the molecule is Cc1cc2oc(=O)cc(C[NH+]3CCCCCCC3)c2cc1Cl. The van der Waals surface area contributed by atoms with Gasteiger partial charge in [0.05, 0.1) is 13.1 Å². The molecule has 0 bridgehead atoms. The minimum absolute atomic E-state index is 0.268. The predicted molar refractivity (Wildman–Crippen MR) is 89.7 cm³/mol. The van der Waals surface area contributed by atoms with Crippen LogP contribution >= 0.6 is 11.6 Å². The van der Waals surface area contributed by atoms with Crippen LogP contribution in [0.3, 0.4) is 0 Å². The Balaban J connectivity index is 1.94. The molecule has 1 saturated heterocycles. The van der Waals surface area contributed by atoms with E-state index >= 15 is 0 Å². The molecule has 118 valence electrons. The first kappa shape index (κ1) is 15.6. The molecule has 1 fully saturated rings. The molecule has 0 atom stereocenters. The van der Waals surface area contributed by atoms with Crippen molar-refractivity contribution in [1.29, 1.82) is 0 Å². The summed E-state index contributed by atoms with van der Waals surface area (Å²) >= 11 is 6.26. The van der Waals surface area contributed by atoms with Crippen LogP contribution in [0.1, 0.15) is 43.2 Å². The molecular formula is C18H23ClNO2+. The highest BCUT2D eigenvalue weighted by atomic mass is 35.5. The van der Waals surface area contributed by atoms with Crippen LogP contribution in [-0.2, 0) is 6.54 Å². The van der Waals surface area contributed by atoms with E-state index in [1.165, 1.54) is 45.2 Å². The van der Waals surface area contributed by atoms with E-state index in [1.54, 1.807) is 11.0 Å². The van der Waals surface area contributed by atoms with E-state index in [9.17, 15) is 4.79 Å². The van der Waals surface area contributed by atoms with Gasteiger partial charge in [-0.25, -0.2) is 4.79 Å². The summed E-state index contributed by atoms with van der Waals surface area (Å²) in [6.45, 7) is 5.17. The van der Waals surface area contributed by atoms with Gasteiger partial charge < -0.3 is 9.32 Å². The normalized spacial score (nSPS) is 17.4. The van der Waals surface area contributed by atoms with E-state index in [2.05, 4.69) is 0 Å². The molecule has 3 rings (SSSR count). The molecule has 2 aromatic rings. The molecule has 1 aromatic heterocycles. The van der Waals surface area contributed by atoms with Crippen molar-refractivity contribution in [2.24, 2.45) is 0 Å². The van der Waals surface area contributed by atoms with E-state index < -0.39 is 0 Å². The average Bonchev–Trinajstić information content (AvgIpc) is 2.43. The number of fused-ring (bicyclic) bond motifs is 1. The molecule has 3 nitrogen and oxygen atoms in total. The third kappa shape index (κ3) is 3.53. The van der Waals surface area contributed by atoms with Crippen LogP contribution in [0.2, 0.25) is 5.02 Å². The van der Waals surface area contributed by atoms with Gasteiger partial charge in [-0.3, -0.25) is 0 Å². The van der Waals surface area contributed by atoms with E-state index in [4.69, 9.17) is 16.0 Å². The summed E-state index contributed by atoms with van der Waals surface area (Å²) in [7, 11) is 0. The second-order valence-corrected chi connectivity index (χ2v) is 6.79. The number of nitrogens with one attached hydrogen (secondary N) is 1. The Morgan fingerprint density at radius 1 is 1.09 bits per heavy atom. The van der Waals surface area contributed by atoms with Gasteiger partial charge in [-0.15, -0.1) is 0 Å². The summed E-state index contributed by atoms with van der Waals surface area (Å²) in [6.07, 6.45) is 6.56. The average molecular weight is 321 g/mol. The lowest BCUT2D eigenvalue weighted by Gasteiger charge is -2.22. The summed E-state index contributed by atoms with van der Waals surface area (Å²) in [5.74, 6) is 0. The number of rotatable bonds is 2. The van der Waals surface area contributed by atoms with Crippen molar-refractivity contribution in [3.63, 3.8) is 0 Å². The van der Waals surface area contributed by atoms with Gasteiger partial charge in [0.15, 0.2) is 0 Å². The van der Waals surface area contributed by atoms with Gasteiger partial charge in [-0.05, 0) is 50.3 Å². The lowest BCUT2D eigenvalue weighted by Crippen LogP contribution is -3.10. The van der Waals surface area contributed by atoms with Crippen LogP contribution in [-0.4, -0.2) is 13.1 Å². The molecule has 0 aliphatic carbocycles. The topological polar surface area (TPSA) is 34.6 Å². The number of halogens is 1. The molecule has 0 amide bonds. The first-order valence-corrected chi connectivity index (χ1v) is 8.58. The molecule has 0 saturated carbocycles. The van der Waals surface area contributed by atoms with Gasteiger partial charge >= 0.3 is 5.63 Å². The fourth-order valence-corrected chi connectivity index (χ4v) is 3.51. The molecule has 0 unspecified atom stereocenters. The number of hydrogen-bond donors (Lipinski definition) is 1. The van der Waals surface area contributed by atoms with Crippen LogP contribution in [0, 0.1) is 6.92 Å². The quantitative estimate of drug-likeness (QED) is 0.863. The standard InChI is InChI=1S/C18H22ClNO2/c1-13-9-17-15(11-16(13)19)14(10-18(21)22-17)12-20-7-5-3-2-4-6-8-20/h9-11H,2-8,12H2,1H3/p+1. The number of quaternary nitrogens is 1. The van der Waals surface area contributed by atoms with Crippen molar-refractivity contribution in [2.45, 2.75) is 45.6 Å². The zero-order valence-corrected chi connectivity index (χ0v) is 13.8. The second kappa shape index (κ2) is 6.84. The zero-order valence-electron chi connectivity index (χ0n) is 13.1. The number of likely N-dealkylation sites (tertiary alicyclic amines) is 1. The van der Waals surface area contributed by atoms with Crippen LogP contribution < -0.4 is 10.5 Å². The summed E-state index contributed by atoms with van der Waals surface area (Å²) in [5, 5.41) is 1.70. The highest BCUT2D eigenvalue weighted by Gasteiger charge is 2.16. The Morgan fingerprint density at radius 2 is 1.77 bits per heavy atom. The Hall–Kier alpha value is -1.32. The van der Waals surface area contributed by atoms with Crippen LogP contribution in [0.25, 0.3) is 11.0 Å². The molecule has 0 spiro atoms. The zero-order chi connectivity index (χ0) is 15.5. The maximum absolute atomic E-state index is 11.9. The molecule has 0 radical (unpaired) electrons. The largest absolute Gasteiger partial charge is 0.423 e. The Kier molecular flexibility index (Phi) is 4.84. The molecular weight excluding hydrogens is 298 g/mol. The van der Waals surface area contributed by atoms with Gasteiger partial charge in [0, 0.05) is 22.0 Å². The summed E-state index contributed by atoms with van der Waals surface area (Å²) < 4.78 is 5.35. The van der Waals surface area contributed by atoms with Crippen molar-refractivity contribution >= 4 is 22.6 Å². The lowest BCUT2D eigenvalue weighted by molar-refractivity contribution is -0.914. The number of aryl methyl sites for hydroxylation is 1. The third-order valence-corrected chi connectivity index (χ3v) is 5.02. The van der Waals surface area contributed by atoms with Gasteiger partial charge in [0.2, 0.25) is 0 Å². The third-order valence-electron chi connectivity index (χ3n) is 4.61. The molecule has 1 N–H and O–H groups in total. The summed E-state index contributed by atoms with van der Waals surface area (Å²) in [4.78, 5) is 13.4. The highest BCUT2D eigenvalue weighted by molar-refractivity contribution is 6.32. The monoisotopic (exact) mass is 320 g/mol. The second-order valence-electron chi connectivity index (χ2n) is 6.38. The van der Waals surface area contributed by atoms with Gasteiger partial charge in [0.1, 0.15) is 12.1 Å². The van der Waals surface area contributed by atoms with Crippen molar-refractivity contribution < 1.29 is 9.32 Å². The Labute approximate surface area is 135 Å². The Morgan fingerprint density at radius 3 is 2.50 bits per heavy atom. The van der Waals surface area contributed by atoms with Crippen molar-refractivity contribution in [3.8, 4) is 0 Å². The molecule has 1 aliphatic rings. The minimum Gasteiger partial charge on any atom is -0.423 e. The maximum atomic E-state index is 11.9. The molecule has 1 aliphatic heterocycles. The highest BCUT2D eigenvalue weighted by Crippen LogP contribution is 2.24. The van der Waals surface area contributed by atoms with Crippen LogP contribution in [0.5, 0.6) is 0 Å². The fourth-order valence-electron chi connectivity index (χ4n) is 3.35. The fraction of sp³-hybridized carbons (Fsp3) is 0.500. The minimum atomic E-state index is -0.268. The van der Waals surface area contributed by atoms with Gasteiger partial charge in [-0.2, -0.15) is 0 Å². The van der Waals surface area contributed by atoms with E-state index in [0.717, 1.165) is 28.1 Å². The molecule has 1 aromatic carbocycles. The Bertz CT molecular complexity index is 715. The van der Waals surface area contributed by atoms with E-state index in [1.807, 2.05) is 19.1 Å². The summed E-state index contributed by atoms with van der Waals surface area (Å²) in [6, 6.07) is 5.44. The number of hydrogen-bond acceptors (Lipinski definition) is 2. The van der Waals surface area contributed by atoms with Crippen LogP contribution in [0.4, 0.5) is 0 Å². The van der Waals surface area contributed by atoms with Gasteiger partial charge in [0.25, 0.3) is 0 Å². The van der Waals surface area contributed by atoms with E-state index in [0.29, 0.717) is 5.58 Å². The first-order valence-electron chi connectivity index (χ1n) is 8.20. The lowest BCUT2D eigenvalue weighted by atomic mass is 10.1. The van der Waals surface area contributed by atoms with Gasteiger partial charge in [-0.1, -0.05) is 18.0 Å². The maximum Gasteiger partial charge on any atom is 0.336 e. The molecule has 2 heterocycles. The van der Waals surface area contributed by atoms with E-state index in [-0.39, 0.29) is 5.63 Å². The summed E-state index contributed by atoms with van der Waals surface area (Å²) in [5.41, 5.74) is 2.38.